The standard InChI is InChI=1S/C16H23N5O2/c1-11(2)21-15(22)6-5-14(19-21)16(23)20-9-3-4-12(10-20)13-7-8-17-18-13/h7-8,11-12H,3-6,9-10H2,1-2H3,(H,17,18)/t12-/m1/s1. The molecule has 7 nitrogen and oxygen atoms in total. The fourth-order valence-corrected chi connectivity index (χ4v) is 3.22. The van der Waals surface area contributed by atoms with E-state index < -0.39 is 0 Å². The Morgan fingerprint density at radius 1 is 1.39 bits per heavy atom. The summed E-state index contributed by atoms with van der Waals surface area (Å²) < 4.78 is 0. The Hall–Kier alpha value is -2.18. The second-order valence-electron chi connectivity index (χ2n) is 6.48. The van der Waals surface area contributed by atoms with Crippen LogP contribution in [-0.4, -0.2) is 56.8 Å². The molecule has 0 unspecified atom stereocenters. The van der Waals surface area contributed by atoms with Gasteiger partial charge in [0.1, 0.15) is 5.71 Å². The van der Waals surface area contributed by atoms with Gasteiger partial charge in [0.15, 0.2) is 0 Å². The summed E-state index contributed by atoms with van der Waals surface area (Å²) in [4.78, 5) is 26.5. The van der Waals surface area contributed by atoms with Crippen LogP contribution in [0.2, 0.25) is 0 Å². The van der Waals surface area contributed by atoms with Gasteiger partial charge in [-0.1, -0.05) is 0 Å². The van der Waals surface area contributed by atoms with Crippen LogP contribution < -0.4 is 0 Å². The molecule has 2 aliphatic rings. The molecule has 1 saturated heterocycles. The molecule has 2 amide bonds. The molecule has 0 bridgehead atoms. The van der Waals surface area contributed by atoms with Crippen LogP contribution in [-0.2, 0) is 9.59 Å². The van der Waals surface area contributed by atoms with Gasteiger partial charge in [-0.2, -0.15) is 10.2 Å². The first-order valence-corrected chi connectivity index (χ1v) is 8.24. The molecular formula is C16H23N5O2. The lowest BCUT2D eigenvalue weighted by Crippen LogP contribution is -2.46. The van der Waals surface area contributed by atoms with Gasteiger partial charge in [-0.3, -0.25) is 14.7 Å². The molecule has 2 aliphatic heterocycles. The molecule has 1 fully saturated rings. The normalized spacial score (nSPS) is 22.5. The van der Waals surface area contributed by atoms with Crippen molar-refractivity contribution in [2.45, 2.75) is 51.5 Å². The van der Waals surface area contributed by atoms with Crippen LogP contribution in [0.25, 0.3) is 0 Å². The summed E-state index contributed by atoms with van der Waals surface area (Å²) >= 11 is 0. The van der Waals surface area contributed by atoms with Crippen molar-refractivity contribution in [3.8, 4) is 0 Å². The van der Waals surface area contributed by atoms with Gasteiger partial charge in [0.25, 0.3) is 5.91 Å². The maximum Gasteiger partial charge on any atom is 0.270 e. The average Bonchev–Trinajstić information content (AvgIpc) is 3.09. The zero-order chi connectivity index (χ0) is 16.4. The van der Waals surface area contributed by atoms with E-state index in [1.807, 2.05) is 24.8 Å². The Balaban J connectivity index is 1.72. The molecule has 1 atom stereocenters. The molecule has 23 heavy (non-hydrogen) atoms. The van der Waals surface area contributed by atoms with Crippen molar-refractivity contribution in [1.82, 2.24) is 20.1 Å². The Morgan fingerprint density at radius 3 is 2.91 bits per heavy atom. The highest BCUT2D eigenvalue weighted by molar-refractivity contribution is 6.39. The van der Waals surface area contributed by atoms with E-state index in [2.05, 4.69) is 15.3 Å². The molecule has 0 radical (unpaired) electrons. The zero-order valence-corrected chi connectivity index (χ0v) is 13.7. The third-order valence-electron chi connectivity index (χ3n) is 4.47. The smallest absolute Gasteiger partial charge is 0.270 e. The van der Waals surface area contributed by atoms with Crippen molar-refractivity contribution < 1.29 is 9.59 Å². The molecule has 0 saturated carbocycles. The summed E-state index contributed by atoms with van der Waals surface area (Å²) in [6.45, 7) is 5.24. The third kappa shape index (κ3) is 3.28. The molecule has 1 aromatic heterocycles. The van der Waals surface area contributed by atoms with Gasteiger partial charge in [-0.15, -0.1) is 0 Å². The lowest BCUT2D eigenvalue weighted by atomic mass is 9.94. The first-order chi connectivity index (χ1) is 11.1. The summed E-state index contributed by atoms with van der Waals surface area (Å²) in [6, 6.07) is 1.94. The van der Waals surface area contributed by atoms with E-state index in [1.165, 1.54) is 5.01 Å². The number of hydrazone groups is 1. The van der Waals surface area contributed by atoms with Gasteiger partial charge in [-0.05, 0) is 32.8 Å². The predicted octanol–water partition coefficient (Wildman–Crippen LogP) is 1.50. The topological polar surface area (TPSA) is 81.7 Å². The van der Waals surface area contributed by atoms with E-state index in [0.717, 1.165) is 25.1 Å². The van der Waals surface area contributed by atoms with Crippen molar-refractivity contribution in [2.75, 3.05) is 13.1 Å². The Kier molecular flexibility index (Phi) is 4.45. The van der Waals surface area contributed by atoms with Crippen molar-refractivity contribution in [3.63, 3.8) is 0 Å². The number of aromatic amines is 1. The van der Waals surface area contributed by atoms with Gasteiger partial charge < -0.3 is 4.90 Å². The van der Waals surface area contributed by atoms with E-state index in [0.29, 0.717) is 31.0 Å². The van der Waals surface area contributed by atoms with Gasteiger partial charge >= 0.3 is 0 Å². The van der Waals surface area contributed by atoms with Crippen LogP contribution in [0.1, 0.15) is 51.1 Å². The molecule has 0 spiro atoms. The maximum absolute atomic E-state index is 12.8. The highest BCUT2D eigenvalue weighted by atomic mass is 16.2. The number of nitrogens with zero attached hydrogens (tertiary/aromatic N) is 4. The number of nitrogens with one attached hydrogen (secondary N) is 1. The van der Waals surface area contributed by atoms with Gasteiger partial charge in [0, 0.05) is 49.8 Å². The SMILES string of the molecule is CC(C)N1N=C(C(=O)N2CCC[C@@H](c3ccn[nH]3)C2)CCC1=O. The lowest BCUT2D eigenvalue weighted by molar-refractivity contribution is -0.133. The van der Waals surface area contributed by atoms with Gasteiger partial charge in [-0.25, -0.2) is 5.01 Å². The van der Waals surface area contributed by atoms with Crippen LogP contribution in [0.4, 0.5) is 0 Å². The second kappa shape index (κ2) is 6.52. The summed E-state index contributed by atoms with van der Waals surface area (Å²) in [5, 5.41) is 12.8. The number of carbonyl (C=O) groups is 2. The van der Waals surface area contributed by atoms with E-state index in [1.54, 1.807) is 6.20 Å². The van der Waals surface area contributed by atoms with E-state index >= 15 is 0 Å². The molecule has 3 rings (SSSR count). The summed E-state index contributed by atoms with van der Waals surface area (Å²) in [5.41, 5.74) is 1.58. The molecule has 1 N–H and O–H groups in total. The van der Waals surface area contributed by atoms with Crippen molar-refractivity contribution in [3.05, 3.63) is 18.0 Å². The molecule has 124 valence electrons. The fraction of sp³-hybridized carbons (Fsp3) is 0.625. The number of likely N-dealkylation sites (tertiary alicyclic amines) is 1. The number of hydrogen-bond acceptors (Lipinski definition) is 4. The summed E-state index contributed by atoms with van der Waals surface area (Å²) in [5.74, 6) is 0.250. The highest BCUT2D eigenvalue weighted by Crippen LogP contribution is 2.26. The van der Waals surface area contributed by atoms with Crippen LogP contribution in [0, 0.1) is 0 Å². The van der Waals surface area contributed by atoms with Crippen LogP contribution in [0.3, 0.4) is 0 Å². The monoisotopic (exact) mass is 317 g/mol. The number of hydrogen-bond donors (Lipinski definition) is 1. The first kappa shape index (κ1) is 15.7. The molecule has 1 aromatic rings. The minimum atomic E-state index is -0.0348. The lowest BCUT2D eigenvalue weighted by Gasteiger charge is -2.34. The Labute approximate surface area is 135 Å². The number of rotatable bonds is 3. The van der Waals surface area contributed by atoms with Crippen molar-refractivity contribution in [2.24, 2.45) is 5.10 Å². The van der Waals surface area contributed by atoms with Crippen molar-refractivity contribution in [1.29, 1.82) is 0 Å². The van der Waals surface area contributed by atoms with E-state index in [4.69, 9.17) is 0 Å². The summed E-state index contributed by atoms with van der Waals surface area (Å²) in [7, 11) is 0. The van der Waals surface area contributed by atoms with E-state index in [-0.39, 0.29) is 17.9 Å². The molecule has 3 heterocycles. The predicted molar refractivity (Wildman–Crippen MR) is 85.8 cm³/mol. The minimum Gasteiger partial charge on any atom is -0.337 e. The van der Waals surface area contributed by atoms with Crippen LogP contribution >= 0.6 is 0 Å². The summed E-state index contributed by atoms with van der Waals surface area (Å²) in [6.07, 6.45) is 4.56. The third-order valence-corrected chi connectivity index (χ3v) is 4.47. The fourth-order valence-electron chi connectivity index (χ4n) is 3.22. The quantitative estimate of drug-likeness (QED) is 0.917. The van der Waals surface area contributed by atoms with Crippen molar-refractivity contribution >= 4 is 17.5 Å². The maximum atomic E-state index is 12.8. The number of H-pyrrole nitrogens is 1. The number of amides is 2. The number of carbonyl (C=O) groups excluding carboxylic acids is 2. The minimum absolute atomic E-state index is 0.00877. The zero-order valence-electron chi connectivity index (χ0n) is 13.7. The number of piperidine rings is 1. The Morgan fingerprint density at radius 2 is 2.22 bits per heavy atom. The molecule has 7 heteroatoms. The molecular weight excluding hydrogens is 294 g/mol. The Bertz CT molecular complexity index is 608. The average molecular weight is 317 g/mol. The van der Waals surface area contributed by atoms with Gasteiger partial charge in [0.05, 0.1) is 0 Å². The van der Waals surface area contributed by atoms with Gasteiger partial charge in [0.2, 0.25) is 5.91 Å². The molecule has 0 aromatic carbocycles. The van der Waals surface area contributed by atoms with Crippen LogP contribution in [0.5, 0.6) is 0 Å². The second-order valence-corrected chi connectivity index (χ2v) is 6.48. The highest BCUT2D eigenvalue weighted by Gasteiger charge is 2.31. The largest absolute Gasteiger partial charge is 0.337 e. The molecule has 0 aliphatic carbocycles. The number of aromatic nitrogens is 2. The first-order valence-electron chi connectivity index (χ1n) is 8.24. The van der Waals surface area contributed by atoms with E-state index in [9.17, 15) is 9.59 Å². The van der Waals surface area contributed by atoms with Crippen LogP contribution in [0.15, 0.2) is 17.4 Å².